The van der Waals surface area contributed by atoms with Crippen molar-refractivity contribution in [2.24, 2.45) is 0 Å². The highest BCUT2D eigenvalue weighted by molar-refractivity contribution is 5.78. The molecule has 2 heterocycles. The molecular weight excluding hydrogens is 198 g/mol. The van der Waals surface area contributed by atoms with E-state index in [2.05, 4.69) is 27.3 Å². The molecule has 0 aliphatic rings. The number of hydrogen-bond acceptors (Lipinski definition) is 1. The summed E-state index contributed by atoms with van der Waals surface area (Å²) in [5.41, 5.74) is 4.36. The molecule has 0 aliphatic heterocycles. The van der Waals surface area contributed by atoms with E-state index < -0.39 is 0 Å². The average molecular weight is 209 g/mol. The lowest BCUT2D eigenvalue weighted by molar-refractivity contribution is 1.10. The van der Waals surface area contributed by atoms with Gasteiger partial charge >= 0.3 is 0 Å². The van der Waals surface area contributed by atoms with Gasteiger partial charge in [0, 0.05) is 23.0 Å². The van der Waals surface area contributed by atoms with Crippen molar-refractivity contribution in [1.82, 2.24) is 15.2 Å². The first-order chi connectivity index (χ1) is 7.95. The first-order valence-corrected chi connectivity index (χ1v) is 5.18. The summed E-state index contributed by atoms with van der Waals surface area (Å²) < 4.78 is 0. The maximum absolute atomic E-state index is 4.11. The first-order valence-electron chi connectivity index (χ1n) is 5.18. The van der Waals surface area contributed by atoms with E-state index in [1.54, 1.807) is 0 Å². The minimum atomic E-state index is 1.04. The van der Waals surface area contributed by atoms with Crippen LogP contribution in [-0.4, -0.2) is 15.2 Å². The largest absolute Gasteiger partial charge is 0.361 e. The van der Waals surface area contributed by atoms with Crippen molar-refractivity contribution in [1.29, 1.82) is 0 Å². The summed E-state index contributed by atoms with van der Waals surface area (Å²) in [6.45, 7) is 0. The van der Waals surface area contributed by atoms with Crippen molar-refractivity contribution in [3.05, 3.63) is 54.9 Å². The van der Waals surface area contributed by atoms with E-state index in [4.69, 9.17) is 0 Å². The van der Waals surface area contributed by atoms with Crippen LogP contribution in [0.4, 0.5) is 0 Å². The molecule has 2 N–H and O–H groups in total. The number of H-pyrrole nitrogens is 2. The van der Waals surface area contributed by atoms with E-state index in [9.17, 15) is 0 Å². The predicted molar refractivity (Wildman–Crippen MR) is 63.8 cm³/mol. The minimum Gasteiger partial charge on any atom is -0.361 e. The summed E-state index contributed by atoms with van der Waals surface area (Å²) >= 11 is 0. The molecule has 0 amide bonds. The molecule has 3 rings (SSSR count). The Hall–Kier alpha value is -2.29. The van der Waals surface area contributed by atoms with Crippen LogP contribution in [0.3, 0.4) is 0 Å². The Kier molecular flexibility index (Phi) is 2.07. The van der Waals surface area contributed by atoms with E-state index in [1.807, 2.05) is 42.7 Å². The van der Waals surface area contributed by atoms with Gasteiger partial charge in [-0.3, -0.25) is 5.10 Å². The molecule has 3 nitrogen and oxygen atoms in total. The number of aromatic amines is 2. The molecule has 16 heavy (non-hydrogen) atoms. The maximum atomic E-state index is 4.11. The fourth-order valence-electron chi connectivity index (χ4n) is 1.81. The third-order valence-electron chi connectivity index (χ3n) is 2.59. The molecule has 0 fully saturated rings. The fraction of sp³-hybridized carbons (Fsp3) is 0. The Bertz CT molecular complexity index is 564. The normalized spacial score (nSPS) is 10.5. The van der Waals surface area contributed by atoms with Gasteiger partial charge in [0.1, 0.15) is 0 Å². The fourth-order valence-corrected chi connectivity index (χ4v) is 1.81. The van der Waals surface area contributed by atoms with Crippen LogP contribution >= 0.6 is 0 Å². The maximum Gasteiger partial charge on any atom is 0.0743 e. The van der Waals surface area contributed by atoms with E-state index in [0.29, 0.717) is 0 Å². The summed E-state index contributed by atoms with van der Waals surface area (Å²) in [5, 5.41) is 7.15. The van der Waals surface area contributed by atoms with Gasteiger partial charge in [-0.25, -0.2) is 0 Å². The number of rotatable bonds is 2. The Morgan fingerprint density at radius 3 is 2.56 bits per heavy atom. The second kappa shape index (κ2) is 3.70. The van der Waals surface area contributed by atoms with Gasteiger partial charge in [-0.2, -0.15) is 5.10 Å². The van der Waals surface area contributed by atoms with Gasteiger partial charge in [0.05, 0.1) is 11.9 Å². The van der Waals surface area contributed by atoms with Crippen LogP contribution in [0.5, 0.6) is 0 Å². The van der Waals surface area contributed by atoms with Crippen LogP contribution in [0.15, 0.2) is 54.9 Å². The van der Waals surface area contributed by atoms with E-state index in [1.165, 1.54) is 0 Å². The highest BCUT2D eigenvalue weighted by atomic mass is 15.1. The van der Waals surface area contributed by atoms with Gasteiger partial charge in [-0.1, -0.05) is 30.3 Å². The SMILES string of the molecule is c1ccc(-c2[nH]ncc2-c2ccc[nH]2)cc1. The van der Waals surface area contributed by atoms with E-state index >= 15 is 0 Å². The quantitative estimate of drug-likeness (QED) is 0.669. The molecule has 0 bridgehead atoms. The lowest BCUT2D eigenvalue weighted by Crippen LogP contribution is -1.81. The number of benzene rings is 1. The van der Waals surface area contributed by atoms with Crippen molar-refractivity contribution in [3.63, 3.8) is 0 Å². The molecule has 3 aromatic rings. The number of nitrogens with zero attached hydrogens (tertiary/aromatic N) is 1. The summed E-state index contributed by atoms with van der Waals surface area (Å²) in [5.74, 6) is 0. The Labute approximate surface area is 93.2 Å². The van der Waals surface area contributed by atoms with Crippen LogP contribution in [0.25, 0.3) is 22.5 Å². The van der Waals surface area contributed by atoms with Gasteiger partial charge in [-0.15, -0.1) is 0 Å². The highest BCUT2D eigenvalue weighted by Gasteiger charge is 2.09. The van der Waals surface area contributed by atoms with Crippen LogP contribution in [-0.2, 0) is 0 Å². The molecule has 0 atom stereocenters. The van der Waals surface area contributed by atoms with Crippen LogP contribution < -0.4 is 0 Å². The summed E-state index contributed by atoms with van der Waals surface area (Å²) in [4.78, 5) is 3.19. The molecule has 0 saturated carbocycles. The molecule has 0 spiro atoms. The zero-order chi connectivity index (χ0) is 10.8. The lowest BCUT2D eigenvalue weighted by atomic mass is 10.1. The third-order valence-corrected chi connectivity index (χ3v) is 2.59. The minimum absolute atomic E-state index is 1.04. The molecule has 2 aromatic heterocycles. The molecular formula is C13H11N3. The second-order valence-electron chi connectivity index (χ2n) is 3.61. The van der Waals surface area contributed by atoms with Gasteiger partial charge in [-0.05, 0) is 12.1 Å². The third kappa shape index (κ3) is 1.42. The van der Waals surface area contributed by atoms with Crippen molar-refractivity contribution < 1.29 is 0 Å². The molecule has 78 valence electrons. The molecule has 1 aromatic carbocycles. The van der Waals surface area contributed by atoms with Crippen molar-refractivity contribution >= 4 is 0 Å². The topological polar surface area (TPSA) is 44.5 Å². The summed E-state index contributed by atoms with van der Waals surface area (Å²) in [6, 6.07) is 14.2. The number of hydrogen-bond donors (Lipinski definition) is 2. The van der Waals surface area contributed by atoms with E-state index in [0.717, 1.165) is 22.5 Å². The van der Waals surface area contributed by atoms with Gasteiger partial charge < -0.3 is 4.98 Å². The molecule has 0 aliphatic carbocycles. The summed E-state index contributed by atoms with van der Waals surface area (Å²) in [7, 11) is 0. The molecule has 0 unspecified atom stereocenters. The highest BCUT2D eigenvalue weighted by Crippen LogP contribution is 2.28. The van der Waals surface area contributed by atoms with Crippen LogP contribution in [0.1, 0.15) is 0 Å². The first kappa shape index (κ1) is 8.97. The second-order valence-corrected chi connectivity index (χ2v) is 3.61. The van der Waals surface area contributed by atoms with Gasteiger partial charge in [0.25, 0.3) is 0 Å². The standard InChI is InChI=1S/C13H11N3/c1-2-5-10(6-3-1)13-11(9-15-16-13)12-7-4-8-14-12/h1-9,14H,(H,15,16). The zero-order valence-electron chi connectivity index (χ0n) is 8.64. The predicted octanol–water partition coefficient (Wildman–Crippen LogP) is 3.07. The summed E-state index contributed by atoms with van der Waals surface area (Å²) in [6.07, 6.45) is 3.76. The van der Waals surface area contributed by atoms with Crippen molar-refractivity contribution in [2.45, 2.75) is 0 Å². The zero-order valence-corrected chi connectivity index (χ0v) is 8.64. The Balaban J connectivity index is 2.14. The van der Waals surface area contributed by atoms with Crippen molar-refractivity contribution in [2.75, 3.05) is 0 Å². The van der Waals surface area contributed by atoms with Crippen molar-refractivity contribution in [3.8, 4) is 22.5 Å². The Morgan fingerprint density at radius 2 is 1.81 bits per heavy atom. The van der Waals surface area contributed by atoms with E-state index in [-0.39, 0.29) is 0 Å². The monoisotopic (exact) mass is 209 g/mol. The van der Waals surface area contributed by atoms with Gasteiger partial charge in [0.2, 0.25) is 0 Å². The number of nitrogens with one attached hydrogen (secondary N) is 2. The lowest BCUT2D eigenvalue weighted by Gasteiger charge is -2.00. The molecule has 0 saturated heterocycles. The number of aromatic nitrogens is 3. The van der Waals surface area contributed by atoms with Crippen LogP contribution in [0.2, 0.25) is 0 Å². The Morgan fingerprint density at radius 1 is 0.938 bits per heavy atom. The van der Waals surface area contributed by atoms with Crippen LogP contribution in [0, 0.1) is 0 Å². The average Bonchev–Trinajstić information content (AvgIpc) is 3.01. The molecule has 3 heteroatoms. The smallest absolute Gasteiger partial charge is 0.0743 e. The molecule has 0 radical (unpaired) electrons. The van der Waals surface area contributed by atoms with Gasteiger partial charge in [0.15, 0.2) is 0 Å².